The molecular weight excluding hydrogens is 316 g/mol. The van der Waals surface area contributed by atoms with E-state index in [2.05, 4.69) is 30.9 Å². The van der Waals surface area contributed by atoms with Crippen molar-refractivity contribution in [3.63, 3.8) is 0 Å². The number of benzene rings is 2. The number of halogens is 1. The van der Waals surface area contributed by atoms with Crippen molar-refractivity contribution in [1.82, 2.24) is 19.5 Å². The van der Waals surface area contributed by atoms with Crippen LogP contribution in [0.3, 0.4) is 0 Å². The van der Waals surface area contributed by atoms with E-state index in [0.29, 0.717) is 0 Å². The van der Waals surface area contributed by atoms with Gasteiger partial charge < -0.3 is 0 Å². The topological polar surface area (TPSA) is 43.6 Å². The largest absolute Gasteiger partial charge is 0.282 e. The lowest BCUT2D eigenvalue weighted by Crippen LogP contribution is -1.98. The number of aromatic nitrogens is 4. The van der Waals surface area contributed by atoms with Gasteiger partial charge in [0.1, 0.15) is 18.5 Å². The van der Waals surface area contributed by atoms with Crippen molar-refractivity contribution in [2.45, 2.75) is 0 Å². The Morgan fingerprint density at radius 3 is 2.75 bits per heavy atom. The average Bonchev–Trinajstić information content (AvgIpc) is 2.90. The van der Waals surface area contributed by atoms with Gasteiger partial charge in [-0.15, -0.1) is 0 Å². The van der Waals surface area contributed by atoms with Gasteiger partial charge in [0.25, 0.3) is 0 Å². The van der Waals surface area contributed by atoms with Crippen molar-refractivity contribution in [2.75, 3.05) is 0 Å². The molecule has 20 heavy (non-hydrogen) atoms. The maximum Gasteiger partial charge on any atom is 0.149 e. The van der Waals surface area contributed by atoms with Gasteiger partial charge in [-0.25, -0.2) is 15.0 Å². The van der Waals surface area contributed by atoms with Crippen LogP contribution >= 0.6 is 15.9 Å². The van der Waals surface area contributed by atoms with E-state index in [9.17, 15) is 0 Å². The van der Waals surface area contributed by atoms with Crippen LogP contribution in [0.1, 0.15) is 0 Å². The van der Waals surface area contributed by atoms with E-state index in [0.717, 1.165) is 32.2 Å². The fourth-order valence-corrected chi connectivity index (χ4v) is 2.70. The van der Waals surface area contributed by atoms with E-state index < -0.39 is 0 Å². The third kappa shape index (κ3) is 1.71. The summed E-state index contributed by atoms with van der Waals surface area (Å²) in [6.45, 7) is 0. The van der Waals surface area contributed by atoms with Crippen molar-refractivity contribution in [3.8, 4) is 5.82 Å². The maximum atomic E-state index is 4.43. The van der Waals surface area contributed by atoms with E-state index in [1.165, 1.54) is 0 Å². The molecule has 2 heterocycles. The van der Waals surface area contributed by atoms with Crippen LogP contribution in [-0.2, 0) is 0 Å². The second-order valence-electron chi connectivity index (χ2n) is 4.46. The Morgan fingerprint density at radius 1 is 0.900 bits per heavy atom. The number of hydrogen-bond acceptors (Lipinski definition) is 3. The number of imidazole rings is 1. The van der Waals surface area contributed by atoms with Gasteiger partial charge >= 0.3 is 0 Å². The van der Waals surface area contributed by atoms with Gasteiger partial charge in [0.2, 0.25) is 0 Å². The molecule has 2 aromatic carbocycles. The molecule has 4 nitrogen and oxygen atoms in total. The molecule has 4 aromatic rings. The maximum absolute atomic E-state index is 4.43. The first-order valence-electron chi connectivity index (χ1n) is 6.16. The lowest BCUT2D eigenvalue weighted by Gasteiger charge is -2.07. The quantitative estimate of drug-likeness (QED) is 0.536. The first kappa shape index (κ1) is 11.5. The third-order valence-corrected chi connectivity index (χ3v) is 3.75. The molecule has 0 amide bonds. The molecule has 0 saturated heterocycles. The van der Waals surface area contributed by atoms with Crippen LogP contribution in [0.5, 0.6) is 0 Å². The highest BCUT2D eigenvalue weighted by Crippen LogP contribution is 2.25. The Kier molecular flexibility index (Phi) is 2.53. The van der Waals surface area contributed by atoms with Crippen molar-refractivity contribution >= 4 is 37.9 Å². The number of fused-ring (bicyclic) bond motifs is 2. The number of rotatable bonds is 1. The summed E-state index contributed by atoms with van der Waals surface area (Å²) in [6, 6.07) is 14.0. The van der Waals surface area contributed by atoms with Gasteiger partial charge in [-0.1, -0.05) is 28.1 Å². The Labute approximate surface area is 123 Å². The van der Waals surface area contributed by atoms with Crippen LogP contribution in [0.2, 0.25) is 0 Å². The van der Waals surface area contributed by atoms with Gasteiger partial charge in [0, 0.05) is 9.86 Å². The summed E-state index contributed by atoms with van der Waals surface area (Å²) in [6.07, 6.45) is 3.38. The van der Waals surface area contributed by atoms with Gasteiger partial charge in [-0.05, 0) is 30.3 Å². The first-order chi connectivity index (χ1) is 9.83. The molecule has 2 aromatic heterocycles. The normalized spacial score (nSPS) is 11.2. The molecule has 0 saturated carbocycles. The van der Waals surface area contributed by atoms with Gasteiger partial charge in [0.15, 0.2) is 0 Å². The Balaban J connectivity index is 2.09. The number of para-hydroxylation sites is 2. The summed E-state index contributed by atoms with van der Waals surface area (Å²) in [5, 5.41) is 0.991. The monoisotopic (exact) mass is 324 g/mol. The van der Waals surface area contributed by atoms with Crippen LogP contribution in [0.25, 0.3) is 27.8 Å². The zero-order chi connectivity index (χ0) is 13.5. The molecule has 0 aliphatic carbocycles. The molecule has 5 heteroatoms. The van der Waals surface area contributed by atoms with Gasteiger partial charge in [0.05, 0.1) is 16.6 Å². The standard InChI is InChI=1S/C15H9BrN4/c16-10-5-6-12-11(7-10)15(18-8-17-12)20-9-19-13-3-1-2-4-14(13)20/h1-9H. The zero-order valence-electron chi connectivity index (χ0n) is 10.4. The van der Waals surface area contributed by atoms with Gasteiger partial charge in [-0.2, -0.15) is 0 Å². The van der Waals surface area contributed by atoms with E-state index in [4.69, 9.17) is 0 Å². The molecule has 0 spiro atoms. The molecule has 0 fully saturated rings. The fraction of sp³-hybridized carbons (Fsp3) is 0. The number of nitrogens with zero attached hydrogens (tertiary/aromatic N) is 4. The molecular formula is C15H9BrN4. The summed E-state index contributed by atoms with van der Waals surface area (Å²) in [5.41, 5.74) is 2.90. The fourth-order valence-electron chi connectivity index (χ4n) is 2.34. The second-order valence-corrected chi connectivity index (χ2v) is 5.38. The summed E-state index contributed by atoms with van der Waals surface area (Å²) in [4.78, 5) is 13.2. The van der Waals surface area contributed by atoms with Crippen molar-refractivity contribution in [1.29, 1.82) is 0 Å². The molecule has 0 bridgehead atoms. The van der Waals surface area contributed by atoms with E-state index in [-0.39, 0.29) is 0 Å². The zero-order valence-corrected chi connectivity index (χ0v) is 11.9. The van der Waals surface area contributed by atoms with E-state index in [1.54, 1.807) is 12.7 Å². The second kappa shape index (κ2) is 4.38. The lowest BCUT2D eigenvalue weighted by atomic mass is 10.2. The Bertz CT molecular complexity index is 929. The highest BCUT2D eigenvalue weighted by Gasteiger charge is 2.09. The van der Waals surface area contributed by atoms with Crippen LogP contribution in [0.15, 0.2) is 59.6 Å². The van der Waals surface area contributed by atoms with Crippen LogP contribution in [0.4, 0.5) is 0 Å². The molecule has 96 valence electrons. The molecule has 0 radical (unpaired) electrons. The third-order valence-electron chi connectivity index (χ3n) is 3.26. The van der Waals surface area contributed by atoms with Gasteiger partial charge in [-0.3, -0.25) is 4.57 Å². The Hall–Kier alpha value is -2.27. The minimum atomic E-state index is 0.838. The molecule has 0 aliphatic rings. The van der Waals surface area contributed by atoms with Crippen molar-refractivity contribution in [3.05, 3.63) is 59.6 Å². The molecule has 4 rings (SSSR count). The summed E-state index contributed by atoms with van der Waals surface area (Å²) < 4.78 is 3.00. The predicted molar refractivity (Wildman–Crippen MR) is 81.9 cm³/mol. The van der Waals surface area contributed by atoms with E-state index in [1.807, 2.05) is 47.0 Å². The lowest BCUT2D eigenvalue weighted by molar-refractivity contribution is 1.02. The van der Waals surface area contributed by atoms with Crippen LogP contribution in [0, 0.1) is 0 Å². The minimum Gasteiger partial charge on any atom is -0.282 e. The number of hydrogen-bond donors (Lipinski definition) is 0. The smallest absolute Gasteiger partial charge is 0.149 e. The van der Waals surface area contributed by atoms with Crippen LogP contribution < -0.4 is 0 Å². The first-order valence-corrected chi connectivity index (χ1v) is 6.95. The summed E-state index contributed by atoms with van der Waals surface area (Å²) in [7, 11) is 0. The van der Waals surface area contributed by atoms with Crippen LogP contribution in [-0.4, -0.2) is 19.5 Å². The highest BCUT2D eigenvalue weighted by molar-refractivity contribution is 9.10. The molecule has 0 N–H and O–H groups in total. The Morgan fingerprint density at radius 2 is 1.80 bits per heavy atom. The SMILES string of the molecule is Brc1ccc2ncnc(-n3cnc4ccccc43)c2c1. The molecule has 0 aliphatic heterocycles. The average molecular weight is 325 g/mol. The van der Waals surface area contributed by atoms with Crippen molar-refractivity contribution in [2.24, 2.45) is 0 Å². The highest BCUT2D eigenvalue weighted by atomic mass is 79.9. The minimum absolute atomic E-state index is 0.838. The molecule has 0 unspecified atom stereocenters. The van der Waals surface area contributed by atoms with E-state index >= 15 is 0 Å². The molecule has 0 atom stereocenters. The summed E-state index contributed by atoms with van der Waals surface area (Å²) in [5.74, 6) is 0.838. The van der Waals surface area contributed by atoms with Crippen molar-refractivity contribution < 1.29 is 0 Å². The summed E-state index contributed by atoms with van der Waals surface area (Å²) >= 11 is 3.50. The predicted octanol–water partition coefficient (Wildman–Crippen LogP) is 3.73.